The summed E-state index contributed by atoms with van der Waals surface area (Å²) in [4.78, 5) is 13.4. The summed E-state index contributed by atoms with van der Waals surface area (Å²) in [5.41, 5.74) is 2.02. The summed E-state index contributed by atoms with van der Waals surface area (Å²) in [5.74, 6) is 0.636. The number of hydrogen-bond acceptors (Lipinski definition) is 3. The molecule has 1 aromatic carbocycles. The Morgan fingerprint density at radius 2 is 2.14 bits per heavy atom. The van der Waals surface area contributed by atoms with Crippen LogP contribution in [-0.4, -0.2) is 19.0 Å². The predicted molar refractivity (Wildman–Crippen MR) is 91.2 cm³/mol. The van der Waals surface area contributed by atoms with Gasteiger partial charge < -0.3 is 10.6 Å². The average molecular weight is 323 g/mol. The molecule has 1 atom stereocenters. The van der Waals surface area contributed by atoms with E-state index >= 15 is 0 Å². The summed E-state index contributed by atoms with van der Waals surface area (Å²) in [7, 11) is 0. The fourth-order valence-electron chi connectivity index (χ4n) is 2.33. The van der Waals surface area contributed by atoms with E-state index in [-0.39, 0.29) is 24.2 Å². The molecule has 0 radical (unpaired) electrons. The minimum absolute atomic E-state index is 0. The zero-order valence-corrected chi connectivity index (χ0v) is 13.5. The molecule has 1 amide bonds. The Labute approximate surface area is 135 Å². The second kappa shape index (κ2) is 7.07. The largest absolute Gasteiger partial charge is 0.326 e. The van der Waals surface area contributed by atoms with Crippen LogP contribution in [0.2, 0.25) is 0 Å². The highest BCUT2D eigenvalue weighted by atomic mass is 35.5. The van der Waals surface area contributed by atoms with Gasteiger partial charge in [0.25, 0.3) is 0 Å². The first-order valence-electron chi connectivity index (χ1n) is 6.89. The molecule has 3 rings (SSSR count). The number of thiophene rings is 1. The first kappa shape index (κ1) is 16.0. The fraction of sp³-hybridized carbons (Fsp3) is 0.312. The lowest BCUT2D eigenvalue weighted by Crippen LogP contribution is -2.48. The van der Waals surface area contributed by atoms with Crippen molar-refractivity contribution in [3.05, 3.63) is 41.8 Å². The van der Waals surface area contributed by atoms with Crippen molar-refractivity contribution in [1.29, 1.82) is 0 Å². The van der Waals surface area contributed by atoms with Gasteiger partial charge in [0.15, 0.2) is 0 Å². The van der Waals surface area contributed by atoms with Crippen molar-refractivity contribution in [2.75, 3.05) is 18.4 Å². The molecule has 1 fully saturated rings. The van der Waals surface area contributed by atoms with Crippen molar-refractivity contribution in [2.24, 2.45) is 11.8 Å². The van der Waals surface area contributed by atoms with E-state index < -0.39 is 0 Å². The molecule has 0 aliphatic carbocycles. The molecule has 2 heterocycles. The van der Waals surface area contributed by atoms with Gasteiger partial charge in [-0.2, -0.15) is 0 Å². The molecule has 112 valence electrons. The summed E-state index contributed by atoms with van der Waals surface area (Å²) in [6, 6.07) is 12.2. The molecule has 2 N–H and O–H groups in total. The predicted octanol–water partition coefficient (Wildman–Crippen LogP) is 3.63. The topological polar surface area (TPSA) is 41.1 Å². The van der Waals surface area contributed by atoms with Gasteiger partial charge >= 0.3 is 0 Å². The number of amides is 1. The number of carbonyl (C=O) groups excluding carboxylic acids is 1. The van der Waals surface area contributed by atoms with Crippen LogP contribution < -0.4 is 10.6 Å². The van der Waals surface area contributed by atoms with Crippen LogP contribution in [-0.2, 0) is 4.79 Å². The minimum atomic E-state index is 0. The summed E-state index contributed by atoms with van der Waals surface area (Å²) >= 11 is 1.71. The van der Waals surface area contributed by atoms with Crippen LogP contribution in [0.3, 0.4) is 0 Å². The average Bonchev–Trinajstić information content (AvgIpc) is 2.90. The Morgan fingerprint density at radius 3 is 2.76 bits per heavy atom. The molecule has 3 nitrogen and oxygen atoms in total. The molecular formula is C16H19ClN2OS. The van der Waals surface area contributed by atoms with E-state index in [0.29, 0.717) is 5.92 Å². The summed E-state index contributed by atoms with van der Waals surface area (Å²) in [5, 5.41) is 8.30. The van der Waals surface area contributed by atoms with E-state index in [1.807, 2.05) is 31.2 Å². The maximum Gasteiger partial charge on any atom is 0.227 e. The Morgan fingerprint density at radius 1 is 1.33 bits per heavy atom. The Kier molecular flexibility index (Phi) is 5.39. The van der Waals surface area contributed by atoms with Crippen molar-refractivity contribution in [3.63, 3.8) is 0 Å². The smallest absolute Gasteiger partial charge is 0.227 e. The van der Waals surface area contributed by atoms with E-state index in [9.17, 15) is 4.79 Å². The SMILES string of the molecule is CC(C(=O)Nc1cccc(-c2cccs2)c1)C1CNC1.Cl. The Hall–Kier alpha value is -1.36. The van der Waals surface area contributed by atoms with Gasteiger partial charge in [-0.3, -0.25) is 4.79 Å². The minimum Gasteiger partial charge on any atom is -0.326 e. The number of hydrogen-bond donors (Lipinski definition) is 2. The van der Waals surface area contributed by atoms with E-state index in [0.717, 1.165) is 24.3 Å². The maximum absolute atomic E-state index is 12.2. The van der Waals surface area contributed by atoms with Gasteiger partial charge in [0.2, 0.25) is 5.91 Å². The highest BCUT2D eigenvalue weighted by Crippen LogP contribution is 2.27. The monoisotopic (exact) mass is 322 g/mol. The number of nitrogens with one attached hydrogen (secondary N) is 2. The summed E-state index contributed by atoms with van der Waals surface area (Å²) < 4.78 is 0. The van der Waals surface area contributed by atoms with Gasteiger partial charge in [0.1, 0.15) is 0 Å². The number of halogens is 1. The third kappa shape index (κ3) is 3.64. The van der Waals surface area contributed by atoms with E-state index in [2.05, 4.69) is 28.1 Å². The van der Waals surface area contributed by atoms with Gasteiger partial charge in [-0.05, 0) is 48.2 Å². The molecule has 1 unspecified atom stereocenters. The number of rotatable bonds is 4. The first-order chi connectivity index (χ1) is 9.74. The Balaban J connectivity index is 0.00000161. The molecule has 0 saturated carbocycles. The second-order valence-corrected chi connectivity index (χ2v) is 6.20. The number of benzene rings is 1. The highest BCUT2D eigenvalue weighted by Gasteiger charge is 2.28. The zero-order valence-electron chi connectivity index (χ0n) is 11.8. The van der Waals surface area contributed by atoms with E-state index in [1.165, 1.54) is 4.88 Å². The fourth-order valence-corrected chi connectivity index (χ4v) is 3.05. The molecule has 1 saturated heterocycles. The van der Waals surface area contributed by atoms with Crippen molar-refractivity contribution < 1.29 is 4.79 Å². The van der Waals surface area contributed by atoms with Crippen LogP contribution in [0.4, 0.5) is 5.69 Å². The van der Waals surface area contributed by atoms with E-state index in [4.69, 9.17) is 0 Å². The van der Waals surface area contributed by atoms with Crippen molar-refractivity contribution >= 4 is 35.3 Å². The van der Waals surface area contributed by atoms with Gasteiger partial charge in [-0.15, -0.1) is 23.7 Å². The second-order valence-electron chi connectivity index (χ2n) is 5.25. The van der Waals surface area contributed by atoms with Gasteiger partial charge in [0.05, 0.1) is 0 Å². The van der Waals surface area contributed by atoms with Crippen molar-refractivity contribution in [3.8, 4) is 10.4 Å². The lowest BCUT2D eigenvalue weighted by molar-refractivity contribution is -0.121. The lowest BCUT2D eigenvalue weighted by atomic mass is 9.88. The van der Waals surface area contributed by atoms with Crippen LogP contribution in [0.25, 0.3) is 10.4 Å². The summed E-state index contributed by atoms with van der Waals surface area (Å²) in [6.07, 6.45) is 0. The molecule has 5 heteroatoms. The molecule has 1 aliphatic heterocycles. The quantitative estimate of drug-likeness (QED) is 0.902. The first-order valence-corrected chi connectivity index (χ1v) is 7.77. The van der Waals surface area contributed by atoms with Crippen LogP contribution in [0.1, 0.15) is 6.92 Å². The molecular weight excluding hydrogens is 304 g/mol. The third-order valence-electron chi connectivity index (χ3n) is 3.87. The molecule has 0 spiro atoms. The Bertz CT molecular complexity index is 596. The van der Waals surface area contributed by atoms with Crippen LogP contribution in [0.15, 0.2) is 41.8 Å². The van der Waals surface area contributed by atoms with Gasteiger partial charge in [-0.1, -0.05) is 25.1 Å². The third-order valence-corrected chi connectivity index (χ3v) is 4.79. The van der Waals surface area contributed by atoms with Crippen LogP contribution in [0, 0.1) is 11.8 Å². The molecule has 2 aromatic rings. The van der Waals surface area contributed by atoms with Crippen molar-refractivity contribution in [1.82, 2.24) is 5.32 Å². The standard InChI is InChI=1S/C16H18N2OS.ClH/c1-11(13-9-17-10-13)16(19)18-14-5-2-4-12(8-14)15-6-3-7-20-15;/h2-8,11,13,17H,9-10H2,1H3,(H,18,19);1H. The lowest BCUT2D eigenvalue weighted by Gasteiger charge is -2.31. The number of carbonyl (C=O) groups is 1. The van der Waals surface area contributed by atoms with Crippen molar-refractivity contribution in [2.45, 2.75) is 6.92 Å². The van der Waals surface area contributed by atoms with Gasteiger partial charge in [0, 0.05) is 16.5 Å². The highest BCUT2D eigenvalue weighted by molar-refractivity contribution is 7.13. The maximum atomic E-state index is 12.2. The van der Waals surface area contributed by atoms with Crippen LogP contribution >= 0.6 is 23.7 Å². The number of anilines is 1. The molecule has 21 heavy (non-hydrogen) atoms. The summed E-state index contributed by atoms with van der Waals surface area (Å²) in [6.45, 7) is 3.90. The molecule has 1 aromatic heterocycles. The van der Waals surface area contributed by atoms with Crippen LogP contribution in [0.5, 0.6) is 0 Å². The zero-order chi connectivity index (χ0) is 13.9. The normalized spacial score (nSPS) is 15.7. The van der Waals surface area contributed by atoms with E-state index in [1.54, 1.807) is 11.3 Å². The molecule has 0 bridgehead atoms. The molecule has 1 aliphatic rings. The van der Waals surface area contributed by atoms with Gasteiger partial charge in [-0.25, -0.2) is 0 Å².